The quantitative estimate of drug-likeness (QED) is 0.628. The summed E-state index contributed by atoms with van der Waals surface area (Å²) < 4.78 is 44.4. The second kappa shape index (κ2) is 11.5. The van der Waals surface area contributed by atoms with Crippen molar-refractivity contribution in [2.75, 3.05) is 45.9 Å². The minimum atomic E-state index is -5.08. The fraction of sp³-hybridized carbons (Fsp3) is 0.583. The molecule has 2 fully saturated rings. The Labute approximate surface area is 210 Å². The Hall–Kier alpha value is -3.19. The largest absolute Gasteiger partial charge is 0.490 e. The molecule has 37 heavy (non-hydrogen) atoms. The van der Waals surface area contributed by atoms with Crippen LogP contribution in [0.2, 0.25) is 0 Å². The summed E-state index contributed by atoms with van der Waals surface area (Å²) in [5.41, 5.74) is 2.65. The molecule has 4 heterocycles. The van der Waals surface area contributed by atoms with E-state index in [4.69, 9.17) is 19.2 Å². The number of alkyl halides is 3. The van der Waals surface area contributed by atoms with Crippen molar-refractivity contribution in [2.24, 2.45) is 0 Å². The molecule has 1 saturated carbocycles. The minimum absolute atomic E-state index is 0.0346. The van der Waals surface area contributed by atoms with Crippen LogP contribution in [0.15, 0.2) is 27.5 Å². The number of hydrogen-bond donors (Lipinski definition) is 1. The highest BCUT2D eigenvalue weighted by Gasteiger charge is 2.38. The van der Waals surface area contributed by atoms with E-state index in [1.54, 1.807) is 12.1 Å². The number of nitrogens with zero attached hydrogens (tertiary/aromatic N) is 4. The van der Waals surface area contributed by atoms with Gasteiger partial charge in [0.2, 0.25) is 0 Å². The lowest BCUT2D eigenvalue weighted by Crippen LogP contribution is -2.40. The average molecular weight is 527 g/mol. The number of amides is 1. The topological polar surface area (TPSA) is 118 Å². The van der Waals surface area contributed by atoms with Crippen molar-refractivity contribution in [2.45, 2.75) is 44.3 Å². The van der Waals surface area contributed by atoms with Gasteiger partial charge < -0.3 is 23.8 Å². The van der Waals surface area contributed by atoms with Crippen LogP contribution in [0.4, 0.5) is 13.2 Å². The lowest BCUT2D eigenvalue weighted by Gasteiger charge is -2.27. The Bertz CT molecular complexity index is 1170. The summed E-state index contributed by atoms with van der Waals surface area (Å²) in [5, 5.41) is 11.1. The van der Waals surface area contributed by atoms with Gasteiger partial charge in [0.05, 0.1) is 13.2 Å². The number of carboxylic acids is 1. The summed E-state index contributed by atoms with van der Waals surface area (Å²) in [5.74, 6) is -1.57. The normalized spacial score (nSPS) is 18.4. The SMILES string of the molecule is O=C(O)C(F)(F)F.O=C(c1cc(C2CC2)on1)N1CCc2ccc(=O)n(CCN3CCOCC3)c2CC1. The highest BCUT2D eigenvalue weighted by atomic mass is 19.4. The Morgan fingerprint density at radius 1 is 1.05 bits per heavy atom. The molecule has 5 rings (SSSR count). The molecule has 13 heteroatoms. The minimum Gasteiger partial charge on any atom is -0.475 e. The van der Waals surface area contributed by atoms with Crippen LogP contribution in [0.25, 0.3) is 0 Å². The van der Waals surface area contributed by atoms with Crippen molar-refractivity contribution in [3.8, 4) is 0 Å². The summed E-state index contributed by atoms with van der Waals surface area (Å²) in [4.78, 5) is 38.6. The number of ether oxygens (including phenoxy) is 1. The summed E-state index contributed by atoms with van der Waals surface area (Å²) in [7, 11) is 0. The third-order valence-electron chi connectivity index (χ3n) is 6.66. The van der Waals surface area contributed by atoms with Crippen molar-refractivity contribution in [1.82, 2.24) is 19.5 Å². The average Bonchev–Trinajstić information content (AvgIpc) is 3.64. The van der Waals surface area contributed by atoms with E-state index in [0.717, 1.165) is 69.1 Å². The van der Waals surface area contributed by atoms with E-state index in [0.29, 0.717) is 37.7 Å². The molecule has 1 N–H and O–H groups in total. The summed E-state index contributed by atoms with van der Waals surface area (Å²) in [6.07, 6.45) is -1.44. The van der Waals surface area contributed by atoms with Gasteiger partial charge in [0.25, 0.3) is 11.5 Å². The monoisotopic (exact) mass is 526 g/mol. The molecule has 202 valence electrons. The number of halogens is 3. The van der Waals surface area contributed by atoms with Crippen LogP contribution in [0.1, 0.15) is 46.3 Å². The van der Waals surface area contributed by atoms with Crippen LogP contribution < -0.4 is 5.56 Å². The Kier molecular flexibility index (Phi) is 8.32. The van der Waals surface area contributed by atoms with Crippen LogP contribution in [-0.2, 0) is 28.9 Å². The van der Waals surface area contributed by atoms with Gasteiger partial charge in [0, 0.05) is 69.4 Å². The van der Waals surface area contributed by atoms with Gasteiger partial charge in [0.15, 0.2) is 5.69 Å². The number of carbonyl (C=O) groups is 2. The van der Waals surface area contributed by atoms with Crippen molar-refractivity contribution >= 4 is 11.9 Å². The van der Waals surface area contributed by atoms with Gasteiger partial charge in [-0.25, -0.2) is 4.79 Å². The zero-order chi connectivity index (χ0) is 26.6. The fourth-order valence-electron chi connectivity index (χ4n) is 4.42. The first-order valence-electron chi connectivity index (χ1n) is 12.2. The smallest absolute Gasteiger partial charge is 0.475 e. The van der Waals surface area contributed by atoms with Gasteiger partial charge in [-0.2, -0.15) is 13.2 Å². The van der Waals surface area contributed by atoms with Gasteiger partial charge in [0.1, 0.15) is 5.76 Å². The van der Waals surface area contributed by atoms with Gasteiger partial charge in [-0.05, 0) is 24.8 Å². The number of rotatable bonds is 5. The van der Waals surface area contributed by atoms with Crippen molar-refractivity contribution in [3.63, 3.8) is 0 Å². The van der Waals surface area contributed by atoms with Crippen molar-refractivity contribution in [3.05, 3.63) is 51.3 Å². The van der Waals surface area contributed by atoms with E-state index in [-0.39, 0.29) is 11.5 Å². The maximum Gasteiger partial charge on any atom is 0.490 e. The molecular formula is C24H29F3N4O6. The number of pyridine rings is 1. The molecule has 0 spiro atoms. The first-order valence-corrected chi connectivity index (χ1v) is 12.2. The lowest BCUT2D eigenvalue weighted by atomic mass is 10.1. The predicted octanol–water partition coefficient (Wildman–Crippen LogP) is 1.92. The highest BCUT2D eigenvalue weighted by molar-refractivity contribution is 5.92. The standard InChI is InChI=1S/C22H28N4O4.C2HF3O2/c27-21-4-3-16-5-7-25(22(28)18-15-20(30-23-18)17-1-2-17)8-6-19(16)26(21)10-9-24-11-13-29-14-12-24;3-2(4,5)1(6)7/h3-4,15,17H,1-2,5-14H2;(H,6,7). The van der Waals surface area contributed by atoms with Crippen LogP contribution in [0.5, 0.6) is 0 Å². The van der Waals surface area contributed by atoms with Crippen LogP contribution in [-0.4, -0.2) is 88.6 Å². The van der Waals surface area contributed by atoms with E-state index in [9.17, 15) is 22.8 Å². The van der Waals surface area contributed by atoms with Crippen LogP contribution in [0, 0.1) is 0 Å². The summed E-state index contributed by atoms with van der Waals surface area (Å²) in [6, 6.07) is 5.39. The summed E-state index contributed by atoms with van der Waals surface area (Å²) in [6.45, 7) is 6.04. The molecule has 10 nitrogen and oxygen atoms in total. The molecule has 2 aromatic rings. The number of aliphatic carboxylic acids is 1. The van der Waals surface area contributed by atoms with E-state index in [1.807, 2.05) is 15.5 Å². The van der Waals surface area contributed by atoms with E-state index in [2.05, 4.69) is 10.1 Å². The van der Waals surface area contributed by atoms with Gasteiger partial charge in [-0.3, -0.25) is 14.5 Å². The van der Waals surface area contributed by atoms with Gasteiger partial charge in [-0.1, -0.05) is 11.2 Å². The van der Waals surface area contributed by atoms with E-state index in [1.165, 1.54) is 0 Å². The molecule has 1 aliphatic carbocycles. The molecule has 1 amide bonds. The maximum atomic E-state index is 13.0. The molecule has 3 aliphatic rings. The maximum absolute atomic E-state index is 13.0. The second-order valence-electron chi connectivity index (χ2n) is 9.23. The Balaban J connectivity index is 0.000000405. The molecule has 2 aliphatic heterocycles. The molecule has 0 unspecified atom stereocenters. The first kappa shape index (κ1) is 26.9. The van der Waals surface area contributed by atoms with Gasteiger partial charge >= 0.3 is 12.1 Å². The second-order valence-corrected chi connectivity index (χ2v) is 9.23. The predicted molar refractivity (Wildman–Crippen MR) is 123 cm³/mol. The van der Waals surface area contributed by atoms with Crippen LogP contribution in [0.3, 0.4) is 0 Å². The molecule has 0 bridgehead atoms. The van der Waals surface area contributed by atoms with Crippen LogP contribution >= 0.6 is 0 Å². The molecular weight excluding hydrogens is 497 g/mol. The number of hydrogen-bond acceptors (Lipinski definition) is 7. The molecule has 0 atom stereocenters. The lowest BCUT2D eigenvalue weighted by molar-refractivity contribution is -0.192. The fourth-order valence-corrected chi connectivity index (χ4v) is 4.42. The molecule has 1 saturated heterocycles. The zero-order valence-corrected chi connectivity index (χ0v) is 20.2. The third kappa shape index (κ3) is 6.98. The first-order chi connectivity index (χ1) is 17.6. The van der Waals surface area contributed by atoms with Crippen molar-refractivity contribution < 1.29 is 37.1 Å². The highest BCUT2D eigenvalue weighted by Crippen LogP contribution is 2.40. The number of carbonyl (C=O) groups excluding carboxylic acids is 1. The van der Waals surface area contributed by atoms with Crippen molar-refractivity contribution in [1.29, 1.82) is 0 Å². The number of aromatic nitrogens is 2. The van der Waals surface area contributed by atoms with E-state index >= 15 is 0 Å². The zero-order valence-electron chi connectivity index (χ0n) is 20.2. The number of morpholine rings is 1. The summed E-state index contributed by atoms with van der Waals surface area (Å²) >= 11 is 0. The Morgan fingerprint density at radius 3 is 2.38 bits per heavy atom. The molecule has 0 aromatic carbocycles. The van der Waals surface area contributed by atoms with E-state index < -0.39 is 12.1 Å². The van der Waals surface area contributed by atoms with Gasteiger partial charge in [-0.15, -0.1) is 0 Å². The number of carboxylic acid groups (broad SMARTS) is 1. The number of fused-ring (bicyclic) bond motifs is 1. The molecule has 0 radical (unpaired) electrons. The Morgan fingerprint density at radius 2 is 1.73 bits per heavy atom. The molecule has 2 aromatic heterocycles. The third-order valence-corrected chi connectivity index (χ3v) is 6.66.